The van der Waals surface area contributed by atoms with Crippen LogP contribution in [0, 0.1) is 51.2 Å². The maximum atomic E-state index is 12.8. The highest BCUT2D eigenvalue weighted by Gasteiger charge is 2.71. The van der Waals surface area contributed by atoms with Crippen LogP contribution in [-0.4, -0.2) is 296 Å². The minimum Gasteiger partial charge on any atom is -0.394 e. The van der Waals surface area contributed by atoms with E-state index in [4.69, 9.17) is 47.4 Å². The smallest absolute Gasteiger partial charge is 0.187 e. The van der Waals surface area contributed by atoms with Gasteiger partial charge in [-0.25, -0.2) is 0 Å². The molecule has 3 saturated carbocycles. The average Bonchev–Trinajstić information content (AvgIpc) is 1.66. The molecule has 89 heavy (non-hydrogen) atoms. The van der Waals surface area contributed by atoms with Crippen molar-refractivity contribution < 1.29 is 139 Å². The Morgan fingerprint density at radius 2 is 1.03 bits per heavy atom. The minimum absolute atomic E-state index is 0.0171. The van der Waals surface area contributed by atoms with Gasteiger partial charge in [0.25, 0.3) is 0 Å². The number of hydrogen-bond acceptors (Lipinski definition) is 28. The molecular weight excluding hydrogens is 1180 g/mol. The molecule has 0 spiro atoms. The van der Waals surface area contributed by atoms with Gasteiger partial charge in [-0.3, -0.25) is 0 Å². The lowest BCUT2D eigenvalue weighted by Gasteiger charge is -2.67. The Hall–Kier alpha value is -1.38. The molecule has 35 atom stereocenters. The van der Waals surface area contributed by atoms with Crippen LogP contribution in [0.2, 0.25) is 0 Å². The quantitative estimate of drug-likeness (QED) is 0.0515. The van der Waals surface area contributed by atoms with Crippen molar-refractivity contribution in [2.75, 3.05) is 33.0 Å². The van der Waals surface area contributed by atoms with Crippen LogP contribution in [0.4, 0.5) is 0 Å². The number of aliphatic hydroxyl groups excluding tert-OH is 17. The molecule has 8 fully saturated rings. The molecule has 3 unspecified atom stereocenters. The molecule has 0 aromatic carbocycles. The Morgan fingerprint density at radius 1 is 0.539 bits per heavy atom. The average molecular weight is 1290 g/mol. The molecule has 5 heterocycles. The maximum Gasteiger partial charge on any atom is 0.187 e. The monoisotopic (exact) mass is 1280 g/mol. The molecule has 516 valence electrons. The van der Waals surface area contributed by atoms with Crippen LogP contribution in [-0.2, 0) is 47.4 Å². The molecule has 4 aliphatic carbocycles. The Labute approximate surface area is 518 Å². The number of aliphatic hydroxyl groups is 18. The van der Waals surface area contributed by atoms with E-state index in [2.05, 4.69) is 33.8 Å². The molecule has 0 amide bonds. The fraction of sp³-hybridized carbons (Fsp3) is 0.967. The Balaban J connectivity index is 0.884. The van der Waals surface area contributed by atoms with Crippen molar-refractivity contribution in [2.24, 2.45) is 51.2 Å². The van der Waals surface area contributed by atoms with E-state index in [1.807, 2.05) is 13.8 Å². The first-order valence-corrected chi connectivity index (χ1v) is 31.9. The highest BCUT2D eigenvalue weighted by molar-refractivity contribution is 5.32. The van der Waals surface area contributed by atoms with Gasteiger partial charge in [-0.2, -0.15) is 0 Å². The van der Waals surface area contributed by atoms with Crippen molar-refractivity contribution in [3.8, 4) is 0 Å². The first-order valence-electron chi connectivity index (χ1n) is 31.9. The zero-order valence-electron chi connectivity index (χ0n) is 52.4. The molecule has 28 heteroatoms. The number of fused-ring (bicyclic) bond motifs is 5. The molecule has 0 aromatic heterocycles. The van der Waals surface area contributed by atoms with Crippen molar-refractivity contribution in [3.63, 3.8) is 0 Å². The number of allylic oxidation sites excluding steroid dienone is 1. The predicted molar refractivity (Wildman–Crippen MR) is 303 cm³/mol. The third-order valence-electron chi connectivity index (χ3n) is 23.3. The van der Waals surface area contributed by atoms with E-state index in [1.165, 1.54) is 20.8 Å². The van der Waals surface area contributed by atoms with Crippen LogP contribution >= 0.6 is 0 Å². The van der Waals surface area contributed by atoms with Crippen LogP contribution in [0.5, 0.6) is 0 Å². The van der Waals surface area contributed by atoms with Gasteiger partial charge in [0.2, 0.25) is 0 Å². The number of ether oxygens (including phenoxy) is 10. The van der Waals surface area contributed by atoms with Crippen molar-refractivity contribution in [1.29, 1.82) is 0 Å². The molecule has 9 aliphatic rings. The van der Waals surface area contributed by atoms with Crippen LogP contribution in [0.25, 0.3) is 0 Å². The summed E-state index contributed by atoms with van der Waals surface area (Å²) in [7, 11) is 0. The van der Waals surface area contributed by atoms with Gasteiger partial charge in [0.05, 0.1) is 63.1 Å². The molecule has 28 nitrogen and oxygen atoms in total. The SMILES string of the molecule is C[C@@H]1[C@@H](O)[C@H](OC[C@H]2O[C@@H](O[C@H](CC[C@@H](C)C3CC[C@@]4(C)C5CC=C6C(CC[C@H](O[C@@H]7O[C@H](CO)[C@@H](O[C@@H]8O[C@H](CO)[C@@H](O)[C@H](O)[C@H]8O)[C@H](O)[C@H]7O)C6(C)C)[C@]5(C)[C@H](O)C[C@]34C)C(C)(C)O)[C@H](O[C@H]3O[C@@H](CO)[C@H](O)[C@@H](O)[C@@H]3O)[C@@H](O)[C@@H]2O)O[C@H](CO)[C@H]1O. The number of rotatable bonds is 20. The normalized spacial score (nSPS) is 51.8. The largest absolute Gasteiger partial charge is 0.394 e. The fourth-order valence-electron chi connectivity index (χ4n) is 17.3. The van der Waals surface area contributed by atoms with E-state index >= 15 is 0 Å². The van der Waals surface area contributed by atoms with Gasteiger partial charge < -0.3 is 139 Å². The summed E-state index contributed by atoms with van der Waals surface area (Å²) >= 11 is 0. The van der Waals surface area contributed by atoms with Gasteiger partial charge in [0.1, 0.15) is 110 Å². The van der Waals surface area contributed by atoms with Crippen molar-refractivity contribution in [1.82, 2.24) is 0 Å². The lowest BCUT2D eigenvalue weighted by molar-refractivity contribution is -0.380. The van der Waals surface area contributed by atoms with Gasteiger partial charge in [0.15, 0.2) is 31.5 Å². The first kappa shape index (κ1) is 71.9. The van der Waals surface area contributed by atoms with Crippen molar-refractivity contribution in [3.05, 3.63) is 11.6 Å². The molecule has 0 aromatic rings. The molecular formula is C61H104O28. The molecule has 18 N–H and O–H groups in total. The minimum atomic E-state index is -1.93. The lowest BCUT2D eigenvalue weighted by atomic mass is 9.38. The molecule has 9 rings (SSSR count). The van der Waals surface area contributed by atoms with Gasteiger partial charge in [-0.1, -0.05) is 60.1 Å². The maximum absolute atomic E-state index is 12.8. The molecule has 0 bridgehead atoms. The molecule has 0 radical (unpaired) electrons. The van der Waals surface area contributed by atoms with E-state index in [1.54, 1.807) is 0 Å². The molecule has 5 saturated heterocycles. The van der Waals surface area contributed by atoms with Crippen molar-refractivity contribution in [2.45, 2.75) is 285 Å². The Kier molecular flexibility index (Phi) is 22.3. The van der Waals surface area contributed by atoms with Gasteiger partial charge >= 0.3 is 0 Å². The summed E-state index contributed by atoms with van der Waals surface area (Å²) in [4.78, 5) is 0. The van der Waals surface area contributed by atoms with E-state index < -0.39 is 221 Å². The van der Waals surface area contributed by atoms with E-state index in [0.717, 1.165) is 18.4 Å². The summed E-state index contributed by atoms with van der Waals surface area (Å²) in [6.07, 6.45) is -33.9. The van der Waals surface area contributed by atoms with E-state index in [0.29, 0.717) is 32.1 Å². The lowest BCUT2D eigenvalue weighted by Crippen LogP contribution is -2.66. The van der Waals surface area contributed by atoms with E-state index in [9.17, 15) is 91.9 Å². The van der Waals surface area contributed by atoms with Crippen LogP contribution < -0.4 is 0 Å². The highest BCUT2D eigenvalue weighted by Crippen LogP contribution is 2.75. The van der Waals surface area contributed by atoms with Gasteiger partial charge in [0, 0.05) is 16.7 Å². The van der Waals surface area contributed by atoms with Crippen LogP contribution in [0.15, 0.2) is 11.6 Å². The topological polar surface area (TPSA) is 456 Å². The van der Waals surface area contributed by atoms with Gasteiger partial charge in [-0.05, 0) is 99.7 Å². The highest BCUT2D eigenvalue weighted by atomic mass is 16.8. The summed E-state index contributed by atoms with van der Waals surface area (Å²) < 4.78 is 60.0. The predicted octanol–water partition coefficient (Wildman–Crippen LogP) is -4.13. The summed E-state index contributed by atoms with van der Waals surface area (Å²) in [5.41, 5.74) is -2.40. The van der Waals surface area contributed by atoms with E-state index in [-0.39, 0.29) is 40.9 Å². The number of hydrogen-bond donors (Lipinski definition) is 18. The third-order valence-corrected chi connectivity index (χ3v) is 23.3. The van der Waals surface area contributed by atoms with Crippen molar-refractivity contribution >= 4 is 0 Å². The standard InChI is InChI=1S/C61H104O28/c1-24(10-14-37(58(5,6)79)87-56-51(89-55-48(77)44(73)41(70)31(21-64)83-55)45(74)42(71)33(85-56)23-80-52-39(68)25(2)38(67)29(19-62)81-52)26-16-17-59(7)34-13-11-27-28(61(34,9)35(66)18-60(26,59)8)12-15-36(57(27,3)4)86-53-49(78)46(75)50(32(22-65)84-53)88-54-47(76)43(72)40(69)30(20-63)82-54/h11,24-26,28-56,62-79H,10,12-23H2,1-9H3/t24-,25+,26?,28?,29-,30-,31+,32-,33-,34?,35-,36+,37-,38+,39-,40-,41+,42-,43+,44-,45+,46-,47-,48+,49-,50-,51-,52-,53+,54+,55-,56+,59+,60-,61+/m1/s1. The zero-order valence-corrected chi connectivity index (χ0v) is 52.4. The van der Waals surface area contributed by atoms with Gasteiger partial charge in [-0.15, -0.1) is 0 Å². The Bertz CT molecular complexity index is 2340. The second kappa shape index (κ2) is 27.6. The summed E-state index contributed by atoms with van der Waals surface area (Å²) in [5, 5.41) is 196. The fourth-order valence-corrected chi connectivity index (χ4v) is 17.3. The second-order valence-electron chi connectivity index (χ2n) is 29.0. The Morgan fingerprint density at radius 3 is 1.61 bits per heavy atom. The second-order valence-corrected chi connectivity index (χ2v) is 29.0. The summed E-state index contributed by atoms with van der Waals surface area (Å²) in [6.45, 7) is 14.3. The van der Waals surface area contributed by atoms with Crippen LogP contribution in [0.1, 0.15) is 114 Å². The molecule has 5 aliphatic heterocycles. The third kappa shape index (κ3) is 13.0. The van der Waals surface area contributed by atoms with Crippen LogP contribution in [0.3, 0.4) is 0 Å². The first-order chi connectivity index (χ1) is 41.7. The summed E-state index contributed by atoms with van der Waals surface area (Å²) in [6, 6.07) is 0. The zero-order chi connectivity index (χ0) is 65.5. The summed E-state index contributed by atoms with van der Waals surface area (Å²) in [5.74, 6) is -0.760.